The quantitative estimate of drug-likeness (QED) is 0.903. The summed E-state index contributed by atoms with van der Waals surface area (Å²) in [6.45, 7) is 4.31. The molecule has 1 aliphatic rings. The lowest BCUT2D eigenvalue weighted by molar-refractivity contribution is -0.119. The average Bonchev–Trinajstić information content (AvgIpc) is 3.13. The predicted octanol–water partition coefficient (Wildman–Crippen LogP) is 3.52. The number of hydrogen-bond donors (Lipinski definition) is 1. The van der Waals surface area contributed by atoms with Crippen molar-refractivity contribution in [2.24, 2.45) is 5.92 Å². The number of halogens is 1. The Morgan fingerprint density at radius 1 is 1.42 bits per heavy atom. The van der Waals surface area contributed by atoms with Gasteiger partial charge in [-0.3, -0.25) is 9.59 Å². The standard InChI is InChI=1S/C17H18ClN3O2S/c1-10(2)16(23)20-17-19-13(9-24-17)8-15(22)21-6-5-11-3-4-12(18)7-14(11)21/h3-4,7,9-10H,5-6,8H2,1-2H3,(H,19,20,23). The van der Waals surface area contributed by atoms with Crippen LogP contribution in [0.15, 0.2) is 23.6 Å². The molecule has 0 fully saturated rings. The van der Waals surface area contributed by atoms with E-state index < -0.39 is 0 Å². The first kappa shape index (κ1) is 16.9. The average molecular weight is 364 g/mol. The molecule has 1 aliphatic heterocycles. The molecule has 0 saturated carbocycles. The SMILES string of the molecule is CC(C)C(=O)Nc1nc(CC(=O)N2CCc3ccc(Cl)cc32)cs1. The monoisotopic (exact) mass is 363 g/mol. The fourth-order valence-electron chi connectivity index (χ4n) is 2.56. The summed E-state index contributed by atoms with van der Waals surface area (Å²) in [7, 11) is 0. The van der Waals surface area contributed by atoms with Crippen LogP contribution in [0, 0.1) is 5.92 Å². The highest BCUT2D eigenvalue weighted by atomic mass is 35.5. The number of thiazole rings is 1. The van der Waals surface area contributed by atoms with Crippen molar-refractivity contribution in [2.75, 3.05) is 16.8 Å². The number of carbonyl (C=O) groups excluding carboxylic acids is 2. The molecule has 1 aromatic carbocycles. The van der Waals surface area contributed by atoms with E-state index >= 15 is 0 Å². The number of rotatable bonds is 4. The Morgan fingerprint density at radius 3 is 2.96 bits per heavy atom. The van der Waals surface area contributed by atoms with Crippen molar-refractivity contribution < 1.29 is 9.59 Å². The van der Waals surface area contributed by atoms with Gasteiger partial charge >= 0.3 is 0 Å². The zero-order valence-corrected chi connectivity index (χ0v) is 15.1. The summed E-state index contributed by atoms with van der Waals surface area (Å²) in [4.78, 5) is 30.4. The number of fused-ring (bicyclic) bond motifs is 1. The lowest BCUT2D eigenvalue weighted by Crippen LogP contribution is -2.30. The van der Waals surface area contributed by atoms with Gasteiger partial charge in [-0.2, -0.15) is 0 Å². The van der Waals surface area contributed by atoms with Crippen molar-refractivity contribution in [3.63, 3.8) is 0 Å². The van der Waals surface area contributed by atoms with Gasteiger partial charge < -0.3 is 10.2 Å². The predicted molar refractivity (Wildman–Crippen MR) is 96.8 cm³/mol. The van der Waals surface area contributed by atoms with Crippen LogP contribution in [0.5, 0.6) is 0 Å². The van der Waals surface area contributed by atoms with Gasteiger partial charge in [0.25, 0.3) is 0 Å². The Hall–Kier alpha value is -1.92. The van der Waals surface area contributed by atoms with Gasteiger partial charge in [-0.05, 0) is 24.1 Å². The lowest BCUT2D eigenvalue weighted by atomic mass is 10.2. The Balaban J connectivity index is 1.68. The molecule has 0 radical (unpaired) electrons. The van der Waals surface area contributed by atoms with Crippen LogP contribution >= 0.6 is 22.9 Å². The fraction of sp³-hybridized carbons (Fsp3) is 0.353. The number of nitrogens with zero attached hydrogens (tertiary/aromatic N) is 2. The number of carbonyl (C=O) groups is 2. The minimum absolute atomic E-state index is 0.0111. The third-order valence-electron chi connectivity index (χ3n) is 3.88. The molecule has 24 heavy (non-hydrogen) atoms. The smallest absolute Gasteiger partial charge is 0.233 e. The van der Waals surface area contributed by atoms with E-state index in [4.69, 9.17) is 11.6 Å². The molecular formula is C17H18ClN3O2S. The first-order valence-corrected chi connectivity index (χ1v) is 9.04. The first-order chi connectivity index (χ1) is 11.4. The van der Waals surface area contributed by atoms with Crippen molar-refractivity contribution in [1.82, 2.24) is 4.98 Å². The molecule has 1 N–H and O–H groups in total. The molecule has 2 heterocycles. The minimum Gasteiger partial charge on any atom is -0.311 e. The molecule has 0 saturated heterocycles. The van der Waals surface area contributed by atoms with Crippen molar-refractivity contribution in [2.45, 2.75) is 26.7 Å². The largest absolute Gasteiger partial charge is 0.311 e. The molecule has 0 atom stereocenters. The molecule has 1 aromatic heterocycles. The molecule has 126 valence electrons. The van der Waals surface area contributed by atoms with Crippen molar-refractivity contribution in [3.8, 4) is 0 Å². The van der Waals surface area contributed by atoms with Crippen LogP contribution in [0.2, 0.25) is 5.02 Å². The van der Waals surface area contributed by atoms with E-state index in [0.29, 0.717) is 22.4 Å². The molecule has 5 nitrogen and oxygen atoms in total. The summed E-state index contributed by atoms with van der Waals surface area (Å²) in [6.07, 6.45) is 1.05. The number of anilines is 2. The number of amides is 2. The fourth-order valence-corrected chi connectivity index (χ4v) is 3.44. The molecule has 0 unspecified atom stereocenters. The van der Waals surface area contributed by atoms with E-state index in [1.54, 1.807) is 4.90 Å². The van der Waals surface area contributed by atoms with E-state index in [1.807, 2.05) is 37.4 Å². The van der Waals surface area contributed by atoms with Crippen molar-refractivity contribution in [3.05, 3.63) is 39.9 Å². The molecule has 2 amide bonds. The third-order valence-corrected chi connectivity index (χ3v) is 4.92. The van der Waals surface area contributed by atoms with Crippen LogP contribution in [-0.4, -0.2) is 23.3 Å². The van der Waals surface area contributed by atoms with Crippen molar-refractivity contribution in [1.29, 1.82) is 0 Å². The third kappa shape index (κ3) is 3.60. The second kappa shape index (κ2) is 6.91. The van der Waals surface area contributed by atoms with Gasteiger partial charge in [-0.25, -0.2) is 4.98 Å². The maximum Gasteiger partial charge on any atom is 0.233 e. The van der Waals surface area contributed by atoms with E-state index in [9.17, 15) is 9.59 Å². The van der Waals surface area contributed by atoms with Gasteiger partial charge in [0.05, 0.1) is 12.1 Å². The molecular weight excluding hydrogens is 346 g/mol. The highest BCUT2D eigenvalue weighted by molar-refractivity contribution is 7.13. The van der Waals surface area contributed by atoms with Gasteiger partial charge in [0.15, 0.2) is 5.13 Å². The molecule has 7 heteroatoms. The van der Waals surface area contributed by atoms with Crippen LogP contribution in [0.4, 0.5) is 10.8 Å². The van der Waals surface area contributed by atoms with Crippen LogP contribution in [0.3, 0.4) is 0 Å². The second-order valence-electron chi connectivity index (χ2n) is 6.03. The minimum atomic E-state index is -0.107. The van der Waals surface area contributed by atoms with E-state index in [2.05, 4.69) is 10.3 Å². The summed E-state index contributed by atoms with van der Waals surface area (Å²) in [5.74, 6) is -0.196. The van der Waals surface area contributed by atoms with Gasteiger partial charge in [0, 0.05) is 28.6 Å². The number of aromatic nitrogens is 1. The summed E-state index contributed by atoms with van der Waals surface area (Å²) in [5.41, 5.74) is 2.69. The number of benzene rings is 1. The molecule has 2 aromatic rings. The summed E-state index contributed by atoms with van der Waals surface area (Å²) in [6, 6.07) is 5.64. The Bertz CT molecular complexity index is 788. The second-order valence-corrected chi connectivity index (χ2v) is 7.33. The van der Waals surface area contributed by atoms with Crippen molar-refractivity contribution >= 4 is 45.6 Å². The van der Waals surface area contributed by atoms with Gasteiger partial charge in [0.2, 0.25) is 11.8 Å². The summed E-state index contributed by atoms with van der Waals surface area (Å²) < 4.78 is 0. The molecule has 0 spiro atoms. The highest BCUT2D eigenvalue weighted by Crippen LogP contribution is 2.31. The summed E-state index contributed by atoms with van der Waals surface area (Å²) >= 11 is 7.37. The Kier molecular flexibility index (Phi) is 4.87. The van der Waals surface area contributed by atoms with E-state index in [0.717, 1.165) is 17.7 Å². The van der Waals surface area contributed by atoms with Crippen LogP contribution < -0.4 is 10.2 Å². The number of hydrogen-bond acceptors (Lipinski definition) is 4. The zero-order valence-electron chi connectivity index (χ0n) is 13.5. The van der Waals surface area contributed by atoms with Crippen LogP contribution in [0.1, 0.15) is 25.1 Å². The van der Waals surface area contributed by atoms with E-state index in [-0.39, 0.29) is 24.2 Å². The first-order valence-electron chi connectivity index (χ1n) is 7.78. The molecule has 0 aliphatic carbocycles. The normalized spacial score (nSPS) is 13.2. The Morgan fingerprint density at radius 2 is 2.21 bits per heavy atom. The maximum atomic E-state index is 12.6. The zero-order chi connectivity index (χ0) is 17.3. The molecule has 0 bridgehead atoms. The topological polar surface area (TPSA) is 62.3 Å². The van der Waals surface area contributed by atoms with Gasteiger partial charge in [0.1, 0.15) is 0 Å². The van der Waals surface area contributed by atoms with Crippen LogP contribution in [0.25, 0.3) is 0 Å². The van der Waals surface area contributed by atoms with Gasteiger partial charge in [-0.1, -0.05) is 31.5 Å². The molecule has 3 rings (SSSR count). The lowest BCUT2D eigenvalue weighted by Gasteiger charge is -2.17. The van der Waals surface area contributed by atoms with Gasteiger partial charge in [-0.15, -0.1) is 11.3 Å². The Labute approximate surface area is 149 Å². The summed E-state index contributed by atoms with van der Waals surface area (Å²) in [5, 5.41) is 5.72. The van der Waals surface area contributed by atoms with Crippen LogP contribution in [-0.2, 0) is 22.4 Å². The maximum absolute atomic E-state index is 12.6. The number of nitrogens with one attached hydrogen (secondary N) is 1. The van der Waals surface area contributed by atoms with E-state index in [1.165, 1.54) is 11.3 Å². The highest BCUT2D eigenvalue weighted by Gasteiger charge is 2.25.